The molecular formula is C25H20ClN3. The minimum absolute atomic E-state index is 0.664. The van der Waals surface area contributed by atoms with Crippen molar-refractivity contribution in [2.24, 2.45) is 0 Å². The lowest BCUT2D eigenvalue weighted by Crippen LogP contribution is -1.99. The Morgan fingerprint density at radius 1 is 1.00 bits per heavy atom. The molecule has 142 valence electrons. The highest BCUT2D eigenvalue weighted by atomic mass is 35.5. The Bertz CT molecular complexity index is 1220. The molecule has 0 unspecified atom stereocenters. The Morgan fingerprint density at radius 3 is 2.52 bits per heavy atom. The minimum Gasteiger partial charge on any atom is -0.247 e. The third kappa shape index (κ3) is 3.94. The van der Waals surface area contributed by atoms with Crippen LogP contribution in [0.2, 0.25) is 5.02 Å². The van der Waals surface area contributed by atoms with Gasteiger partial charge in [-0.25, -0.2) is 4.68 Å². The second kappa shape index (κ2) is 7.95. The van der Waals surface area contributed by atoms with Gasteiger partial charge in [0.1, 0.15) is 5.69 Å². The molecule has 29 heavy (non-hydrogen) atoms. The molecule has 0 saturated heterocycles. The summed E-state index contributed by atoms with van der Waals surface area (Å²) in [4.78, 5) is 0. The summed E-state index contributed by atoms with van der Waals surface area (Å²) in [5.41, 5.74) is 7.97. The van der Waals surface area contributed by atoms with Crippen LogP contribution in [0.4, 0.5) is 0 Å². The highest BCUT2D eigenvalue weighted by Crippen LogP contribution is 2.37. The monoisotopic (exact) mass is 397 g/mol. The molecule has 0 aliphatic carbocycles. The van der Waals surface area contributed by atoms with E-state index in [2.05, 4.69) is 34.4 Å². The molecule has 0 saturated carbocycles. The highest BCUT2D eigenvalue weighted by molar-refractivity contribution is 6.30. The first-order chi connectivity index (χ1) is 14.0. The molecule has 4 heteroatoms. The summed E-state index contributed by atoms with van der Waals surface area (Å²) in [6.45, 7) is 4.74. The zero-order valence-corrected chi connectivity index (χ0v) is 17.1. The summed E-state index contributed by atoms with van der Waals surface area (Å²) in [5.74, 6) is 2.85. The lowest BCUT2D eigenvalue weighted by Gasteiger charge is -2.15. The Balaban J connectivity index is 1.84. The van der Waals surface area contributed by atoms with Gasteiger partial charge in [0.2, 0.25) is 0 Å². The van der Waals surface area contributed by atoms with Crippen LogP contribution >= 0.6 is 11.6 Å². The van der Waals surface area contributed by atoms with Crippen molar-refractivity contribution in [1.82, 2.24) is 15.0 Å². The normalized spacial score (nSPS) is 10.7. The maximum atomic E-state index is 6.17. The molecule has 0 fully saturated rings. The quantitative estimate of drug-likeness (QED) is 0.400. The zero-order valence-electron chi connectivity index (χ0n) is 16.4. The van der Waals surface area contributed by atoms with Crippen molar-refractivity contribution in [3.8, 4) is 34.7 Å². The standard InChI is InChI=1S/C25H20ClN3/c1-4-20-12-17(2)13-23(25(20)22-11-10-21(26)14-18(22)3)24-16-29(28-27-24)15-19-8-6-5-7-9-19/h1,5-14,16H,15H2,2-3H3. The first-order valence-corrected chi connectivity index (χ1v) is 9.75. The molecule has 1 aromatic heterocycles. The molecule has 0 atom stereocenters. The van der Waals surface area contributed by atoms with E-state index in [4.69, 9.17) is 18.0 Å². The number of rotatable bonds is 4. The number of hydrogen-bond donors (Lipinski definition) is 0. The predicted octanol–water partition coefficient (Wildman–Crippen LogP) is 5.91. The largest absolute Gasteiger partial charge is 0.247 e. The van der Waals surface area contributed by atoms with Crippen LogP contribution in [0.5, 0.6) is 0 Å². The van der Waals surface area contributed by atoms with E-state index in [0.717, 1.165) is 39.1 Å². The number of aryl methyl sites for hydroxylation is 2. The molecule has 0 bridgehead atoms. The first-order valence-electron chi connectivity index (χ1n) is 9.37. The van der Waals surface area contributed by atoms with E-state index >= 15 is 0 Å². The van der Waals surface area contributed by atoms with Gasteiger partial charge in [-0.1, -0.05) is 59.1 Å². The summed E-state index contributed by atoms with van der Waals surface area (Å²) in [5, 5.41) is 9.49. The fourth-order valence-electron chi connectivity index (χ4n) is 3.57. The first kappa shape index (κ1) is 19.0. The van der Waals surface area contributed by atoms with E-state index in [-0.39, 0.29) is 0 Å². The smallest absolute Gasteiger partial charge is 0.113 e. The SMILES string of the molecule is C#Cc1cc(C)cc(-c2cn(Cc3ccccc3)nn2)c1-c1ccc(Cl)cc1C. The van der Waals surface area contributed by atoms with E-state index in [1.807, 2.05) is 67.2 Å². The number of benzene rings is 3. The van der Waals surface area contributed by atoms with Crippen LogP contribution in [0.25, 0.3) is 22.4 Å². The van der Waals surface area contributed by atoms with E-state index < -0.39 is 0 Å². The number of halogens is 1. The van der Waals surface area contributed by atoms with Crippen LogP contribution in [0.3, 0.4) is 0 Å². The summed E-state index contributed by atoms with van der Waals surface area (Å²) in [6, 6.07) is 20.2. The second-order valence-electron chi connectivity index (χ2n) is 7.13. The molecular weight excluding hydrogens is 378 g/mol. The predicted molar refractivity (Wildman–Crippen MR) is 119 cm³/mol. The van der Waals surface area contributed by atoms with Crippen LogP contribution in [0.15, 0.2) is 66.9 Å². The van der Waals surface area contributed by atoms with Crippen LogP contribution < -0.4 is 0 Å². The maximum absolute atomic E-state index is 6.17. The zero-order chi connectivity index (χ0) is 20.4. The molecule has 0 aliphatic heterocycles. The second-order valence-corrected chi connectivity index (χ2v) is 7.56. The topological polar surface area (TPSA) is 30.7 Å². The summed E-state index contributed by atoms with van der Waals surface area (Å²) in [6.07, 6.45) is 7.84. The summed E-state index contributed by atoms with van der Waals surface area (Å²) >= 11 is 6.17. The molecule has 4 rings (SSSR count). The minimum atomic E-state index is 0.664. The third-order valence-electron chi connectivity index (χ3n) is 4.90. The van der Waals surface area contributed by atoms with E-state index in [1.54, 1.807) is 0 Å². The summed E-state index contributed by atoms with van der Waals surface area (Å²) in [7, 11) is 0. The van der Waals surface area contributed by atoms with Crippen molar-refractivity contribution in [3.63, 3.8) is 0 Å². The molecule has 0 amide bonds. The third-order valence-corrected chi connectivity index (χ3v) is 5.13. The number of aromatic nitrogens is 3. The fourth-order valence-corrected chi connectivity index (χ4v) is 3.80. The number of nitrogens with zero attached hydrogens (tertiary/aromatic N) is 3. The van der Waals surface area contributed by atoms with Gasteiger partial charge in [0, 0.05) is 21.7 Å². The van der Waals surface area contributed by atoms with Crippen LogP contribution in [-0.2, 0) is 6.54 Å². The molecule has 0 spiro atoms. The molecule has 0 aliphatic rings. The van der Waals surface area contributed by atoms with Crippen molar-refractivity contribution >= 4 is 11.6 Å². The van der Waals surface area contributed by atoms with Gasteiger partial charge in [-0.15, -0.1) is 11.5 Å². The van der Waals surface area contributed by atoms with Gasteiger partial charge < -0.3 is 0 Å². The Hall–Kier alpha value is -3.35. The molecule has 0 radical (unpaired) electrons. The van der Waals surface area contributed by atoms with Crippen LogP contribution in [-0.4, -0.2) is 15.0 Å². The van der Waals surface area contributed by atoms with Gasteiger partial charge in [-0.3, -0.25) is 0 Å². The highest BCUT2D eigenvalue weighted by Gasteiger charge is 2.17. The van der Waals surface area contributed by atoms with Gasteiger partial charge in [-0.05, 0) is 60.4 Å². The van der Waals surface area contributed by atoms with Crippen molar-refractivity contribution in [1.29, 1.82) is 0 Å². The van der Waals surface area contributed by atoms with Gasteiger partial charge in [0.25, 0.3) is 0 Å². The molecule has 3 aromatic carbocycles. The van der Waals surface area contributed by atoms with Crippen LogP contribution in [0.1, 0.15) is 22.3 Å². The number of terminal acetylenes is 1. The van der Waals surface area contributed by atoms with Crippen molar-refractivity contribution < 1.29 is 0 Å². The average molecular weight is 398 g/mol. The van der Waals surface area contributed by atoms with E-state index in [1.165, 1.54) is 5.56 Å². The Kier molecular flexibility index (Phi) is 5.20. The Labute approximate surface area is 176 Å². The van der Waals surface area contributed by atoms with Gasteiger partial charge in [-0.2, -0.15) is 0 Å². The maximum Gasteiger partial charge on any atom is 0.113 e. The lowest BCUT2D eigenvalue weighted by molar-refractivity contribution is 0.650. The molecule has 4 aromatic rings. The number of hydrogen-bond acceptors (Lipinski definition) is 2. The van der Waals surface area contributed by atoms with Crippen molar-refractivity contribution in [2.45, 2.75) is 20.4 Å². The van der Waals surface area contributed by atoms with Crippen molar-refractivity contribution in [2.75, 3.05) is 0 Å². The van der Waals surface area contributed by atoms with E-state index in [9.17, 15) is 0 Å². The fraction of sp³-hybridized carbons (Fsp3) is 0.120. The van der Waals surface area contributed by atoms with Gasteiger partial charge in [0.15, 0.2) is 0 Å². The lowest BCUT2D eigenvalue weighted by atomic mass is 9.89. The van der Waals surface area contributed by atoms with Crippen LogP contribution in [0, 0.1) is 26.2 Å². The van der Waals surface area contributed by atoms with Gasteiger partial charge in [0.05, 0.1) is 12.7 Å². The molecule has 0 N–H and O–H groups in total. The average Bonchev–Trinajstić information content (AvgIpc) is 3.17. The molecule has 3 nitrogen and oxygen atoms in total. The van der Waals surface area contributed by atoms with Gasteiger partial charge >= 0.3 is 0 Å². The van der Waals surface area contributed by atoms with Crippen molar-refractivity contribution in [3.05, 3.63) is 94.1 Å². The Morgan fingerprint density at radius 2 is 1.79 bits per heavy atom. The summed E-state index contributed by atoms with van der Waals surface area (Å²) < 4.78 is 1.85. The van der Waals surface area contributed by atoms with E-state index in [0.29, 0.717) is 11.6 Å². The molecule has 1 heterocycles.